The third kappa shape index (κ3) is 3.87. The highest BCUT2D eigenvalue weighted by atomic mass is 16.3. The van der Waals surface area contributed by atoms with E-state index in [9.17, 15) is 0 Å². The van der Waals surface area contributed by atoms with E-state index >= 15 is 0 Å². The van der Waals surface area contributed by atoms with Crippen molar-refractivity contribution in [1.29, 1.82) is 0 Å². The van der Waals surface area contributed by atoms with E-state index in [1.165, 1.54) is 26.9 Å². The Balaban J connectivity index is 1.17. The summed E-state index contributed by atoms with van der Waals surface area (Å²) in [5.74, 6) is 0.644. The van der Waals surface area contributed by atoms with Gasteiger partial charge in [0.15, 0.2) is 11.4 Å². The second kappa shape index (κ2) is 10.4. The molecule has 0 spiro atoms. The average molecular weight is 639 g/mol. The monoisotopic (exact) mass is 638 g/mol. The predicted molar refractivity (Wildman–Crippen MR) is 205 cm³/mol. The Morgan fingerprint density at radius 3 is 1.62 bits per heavy atom. The first-order valence-electron chi connectivity index (χ1n) is 16.8. The summed E-state index contributed by atoms with van der Waals surface area (Å²) in [6, 6.07) is 54.8. The molecule has 0 aliphatic carbocycles. The van der Waals surface area contributed by atoms with Crippen LogP contribution in [0, 0.1) is 0 Å². The highest BCUT2D eigenvalue weighted by Gasteiger charge is 2.23. The van der Waals surface area contributed by atoms with E-state index in [2.05, 4.69) is 121 Å². The Labute approximate surface area is 286 Å². The summed E-state index contributed by atoms with van der Waals surface area (Å²) in [6.07, 6.45) is 0. The van der Waals surface area contributed by atoms with E-state index in [0.29, 0.717) is 11.4 Å². The molecule has 0 amide bonds. The Hall–Kier alpha value is -6.78. The second-order valence-corrected chi connectivity index (χ2v) is 12.9. The number of fused-ring (bicyclic) bond motifs is 6. The minimum atomic E-state index is 0.644. The van der Waals surface area contributed by atoms with Gasteiger partial charge in [0.25, 0.3) is 0 Å². The number of nitrogens with zero attached hydrogens (tertiary/aromatic N) is 2. The summed E-state index contributed by atoms with van der Waals surface area (Å²) in [4.78, 5) is 10.3. The van der Waals surface area contributed by atoms with Crippen molar-refractivity contribution in [3.05, 3.63) is 158 Å². The van der Waals surface area contributed by atoms with E-state index < -0.39 is 0 Å². The lowest BCUT2D eigenvalue weighted by atomic mass is 9.90. The molecule has 11 aromatic rings. The highest BCUT2D eigenvalue weighted by Crippen LogP contribution is 2.48. The predicted octanol–water partition coefficient (Wildman–Crippen LogP) is 12.7. The van der Waals surface area contributed by atoms with Crippen molar-refractivity contribution in [3.63, 3.8) is 0 Å². The molecule has 4 nitrogen and oxygen atoms in total. The van der Waals surface area contributed by atoms with Gasteiger partial charge in [0.1, 0.15) is 28.0 Å². The van der Waals surface area contributed by atoms with Crippen molar-refractivity contribution in [2.24, 2.45) is 0 Å². The van der Waals surface area contributed by atoms with E-state index in [1.54, 1.807) is 0 Å². The molecule has 0 N–H and O–H groups in total. The molecule has 4 heteroatoms. The maximum atomic E-state index is 7.03. The average Bonchev–Trinajstić information content (AvgIpc) is 3.78. The molecule has 11 rings (SSSR count). The largest absolute Gasteiger partial charge is 0.455 e. The van der Waals surface area contributed by atoms with Gasteiger partial charge in [-0.1, -0.05) is 127 Å². The third-order valence-electron chi connectivity index (χ3n) is 10.1. The molecule has 50 heavy (non-hydrogen) atoms. The first-order valence-corrected chi connectivity index (χ1v) is 16.8. The molecule has 0 radical (unpaired) electrons. The van der Waals surface area contributed by atoms with Gasteiger partial charge in [-0.05, 0) is 63.0 Å². The van der Waals surface area contributed by atoms with E-state index in [4.69, 9.17) is 18.8 Å². The standard InChI is InChI=1S/C46H26N2O2/c1-3-12-27(13-4-1)31-22-24-35-33-18-7-8-19-34(33)36-25-23-32(44-40(36)39(35)43(31)50-44)29-16-11-17-30(26-29)46-47-41(28-14-5-2-6-15-28)45-42(48-46)37-20-9-10-21-38(37)49-45/h1-26H. The smallest absolute Gasteiger partial charge is 0.180 e. The van der Waals surface area contributed by atoms with Crippen molar-refractivity contribution >= 4 is 65.6 Å². The first-order chi connectivity index (χ1) is 24.8. The fourth-order valence-electron chi connectivity index (χ4n) is 7.79. The summed E-state index contributed by atoms with van der Waals surface area (Å²) in [5.41, 5.74) is 11.1. The zero-order chi connectivity index (χ0) is 32.8. The quantitative estimate of drug-likeness (QED) is 0.180. The summed E-state index contributed by atoms with van der Waals surface area (Å²) >= 11 is 0. The van der Waals surface area contributed by atoms with Gasteiger partial charge in [-0.2, -0.15) is 0 Å². The molecule has 0 bridgehead atoms. The molecular formula is C46H26N2O2. The number of rotatable bonds is 4. The Bertz CT molecular complexity index is 3080. The van der Waals surface area contributed by atoms with E-state index in [1.807, 2.05) is 36.4 Å². The lowest BCUT2D eigenvalue weighted by molar-refractivity contribution is 0.667. The molecule has 0 aliphatic rings. The fourth-order valence-corrected chi connectivity index (χ4v) is 7.79. The molecular weight excluding hydrogens is 613 g/mol. The SMILES string of the molecule is c1ccc(-c2nc(-c3cccc(-c4ccc5c6ccccc6c6ccc(-c7ccccc7)c7oc4c5c76)c3)nc3c2oc2ccccc23)cc1. The maximum Gasteiger partial charge on any atom is 0.180 e. The van der Waals surface area contributed by atoms with Crippen molar-refractivity contribution in [3.8, 4) is 44.9 Å². The van der Waals surface area contributed by atoms with Gasteiger partial charge in [0.2, 0.25) is 0 Å². The number of hydrogen-bond acceptors (Lipinski definition) is 4. The topological polar surface area (TPSA) is 52.1 Å². The number of hydrogen-bond donors (Lipinski definition) is 0. The molecule has 3 heterocycles. The van der Waals surface area contributed by atoms with Crippen LogP contribution in [-0.4, -0.2) is 9.97 Å². The summed E-state index contributed by atoms with van der Waals surface area (Å²) in [7, 11) is 0. The lowest BCUT2D eigenvalue weighted by Crippen LogP contribution is -1.94. The van der Waals surface area contributed by atoms with Crippen LogP contribution in [0.5, 0.6) is 0 Å². The normalized spacial score (nSPS) is 12.0. The summed E-state index contributed by atoms with van der Waals surface area (Å²) < 4.78 is 13.4. The van der Waals surface area contributed by atoms with Crippen LogP contribution in [0.15, 0.2) is 167 Å². The van der Waals surface area contributed by atoms with Gasteiger partial charge in [-0.15, -0.1) is 0 Å². The molecule has 0 saturated heterocycles. The molecule has 0 unspecified atom stereocenters. The fraction of sp³-hybridized carbons (Fsp3) is 0. The lowest BCUT2D eigenvalue weighted by Gasteiger charge is -2.11. The van der Waals surface area contributed by atoms with Crippen molar-refractivity contribution in [2.75, 3.05) is 0 Å². The van der Waals surface area contributed by atoms with Crippen LogP contribution in [0.1, 0.15) is 0 Å². The van der Waals surface area contributed by atoms with Gasteiger partial charge in [-0.25, -0.2) is 9.97 Å². The number of aromatic nitrogens is 2. The summed E-state index contributed by atoms with van der Waals surface area (Å²) in [5, 5.41) is 8.15. The summed E-state index contributed by atoms with van der Waals surface area (Å²) in [6.45, 7) is 0. The molecule has 8 aromatic carbocycles. The van der Waals surface area contributed by atoms with Crippen LogP contribution in [0.4, 0.5) is 0 Å². The van der Waals surface area contributed by atoms with Crippen LogP contribution < -0.4 is 0 Å². The molecule has 3 aromatic heterocycles. The Morgan fingerprint density at radius 2 is 0.920 bits per heavy atom. The highest BCUT2D eigenvalue weighted by molar-refractivity contribution is 6.35. The van der Waals surface area contributed by atoms with Gasteiger partial charge in [-0.3, -0.25) is 0 Å². The molecule has 0 saturated carbocycles. The number of para-hydroxylation sites is 1. The molecule has 0 atom stereocenters. The van der Waals surface area contributed by atoms with Crippen LogP contribution in [-0.2, 0) is 0 Å². The zero-order valence-electron chi connectivity index (χ0n) is 26.7. The number of furan rings is 2. The van der Waals surface area contributed by atoms with Gasteiger partial charge < -0.3 is 8.83 Å². The Morgan fingerprint density at radius 1 is 0.360 bits per heavy atom. The van der Waals surface area contributed by atoms with Gasteiger partial charge in [0, 0.05) is 38.4 Å². The van der Waals surface area contributed by atoms with Crippen molar-refractivity contribution < 1.29 is 8.83 Å². The molecule has 232 valence electrons. The van der Waals surface area contributed by atoms with E-state index in [-0.39, 0.29) is 0 Å². The second-order valence-electron chi connectivity index (χ2n) is 12.9. The zero-order valence-corrected chi connectivity index (χ0v) is 26.7. The number of benzene rings is 8. The first kappa shape index (κ1) is 27.2. The van der Waals surface area contributed by atoms with Crippen LogP contribution >= 0.6 is 0 Å². The third-order valence-corrected chi connectivity index (χ3v) is 10.1. The minimum Gasteiger partial charge on any atom is -0.455 e. The van der Waals surface area contributed by atoms with Crippen molar-refractivity contribution in [2.45, 2.75) is 0 Å². The molecule has 0 fully saturated rings. The van der Waals surface area contributed by atoms with Crippen molar-refractivity contribution in [1.82, 2.24) is 9.97 Å². The van der Waals surface area contributed by atoms with Crippen LogP contribution in [0.2, 0.25) is 0 Å². The maximum absolute atomic E-state index is 7.03. The Kier molecular flexibility index (Phi) is 5.63. The van der Waals surface area contributed by atoms with E-state index in [0.717, 1.165) is 72.1 Å². The van der Waals surface area contributed by atoms with Crippen LogP contribution in [0.25, 0.3) is 110 Å². The van der Waals surface area contributed by atoms with Crippen LogP contribution in [0.3, 0.4) is 0 Å². The van der Waals surface area contributed by atoms with Gasteiger partial charge >= 0.3 is 0 Å². The van der Waals surface area contributed by atoms with Gasteiger partial charge in [0.05, 0.1) is 0 Å². The molecule has 0 aliphatic heterocycles. The minimum absolute atomic E-state index is 0.644.